The van der Waals surface area contributed by atoms with Gasteiger partial charge in [-0.25, -0.2) is 13.6 Å². The first-order valence-corrected chi connectivity index (χ1v) is 11.9. The summed E-state index contributed by atoms with van der Waals surface area (Å²) in [5.74, 6) is -0.364. The fraction of sp³-hybridized carbons (Fsp3) is 0.182. The summed E-state index contributed by atoms with van der Waals surface area (Å²) in [6.45, 7) is 0.772. The zero-order valence-corrected chi connectivity index (χ0v) is 18.7. The number of rotatable bonds is 10. The van der Waals surface area contributed by atoms with Crippen LogP contribution in [0.3, 0.4) is 0 Å². The fourth-order valence-electron chi connectivity index (χ4n) is 2.93. The minimum atomic E-state index is -3.75. The summed E-state index contributed by atoms with van der Waals surface area (Å²) in [7, 11) is -3.75. The van der Waals surface area contributed by atoms with Gasteiger partial charge in [0, 0.05) is 47.4 Å². The number of nitrogens with two attached hydrogens (primary N) is 1. The highest BCUT2D eigenvalue weighted by molar-refractivity contribution is 7.89. The van der Waals surface area contributed by atoms with Crippen LogP contribution in [-0.2, 0) is 10.0 Å². The molecule has 0 saturated carbocycles. The van der Waals surface area contributed by atoms with Gasteiger partial charge in [0.1, 0.15) is 12.4 Å². The van der Waals surface area contributed by atoms with Gasteiger partial charge >= 0.3 is 0 Å². The highest BCUT2D eigenvalue weighted by Crippen LogP contribution is 2.24. The Morgan fingerprint density at radius 2 is 1.81 bits per heavy atom. The first-order chi connectivity index (χ1) is 15.3. The number of nitrogens with zero attached hydrogens (tertiary/aromatic N) is 2. The number of aromatic nitrogens is 1. The molecule has 2 aromatic carbocycles. The van der Waals surface area contributed by atoms with E-state index in [0.29, 0.717) is 29.6 Å². The van der Waals surface area contributed by atoms with E-state index >= 15 is 0 Å². The molecule has 0 saturated heterocycles. The van der Waals surface area contributed by atoms with Crippen LogP contribution in [0.1, 0.15) is 10.4 Å². The van der Waals surface area contributed by atoms with Crippen LogP contribution in [0, 0.1) is 0 Å². The number of amides is 1. The molecular formula is C22H23ClN4O4S. The number of pyridine rings is 1. The van der Waals surface area contributed by atoms with Crippen LogP contribution in [-0.4, -0.2) is 44.8 Å². The Bertz CT molecular complexity index is 1150. The smallest absolute Gasteiger partial charge is 0.258 e. The molecule has 0 aliphatic rings. The number of carbonyl (C=O) groups excluding carboxylic acids is 1. The van der Waals surface area contributed by atoms with Crippen LogP contribution in [0.2, 0.25) is 5.02 Å². The van der Waals surface area contributed by atoms with Gasteiger partial charge in [0.2, 0.25) is 10.0 Å². The number of ether oxygens (including phenoxy) is 1. The zero-order chi connectivity index (χ0) is 23.0. The molecule has 0 fully saturated rings. The van der Waals surface area contributed by atoms with Gasteiger partial charge in [0.15, 0.2) is 0 Å². The van der Waals surface area contributed by atoms with E-state index in [1.807, 2.05) is 12.1 Å². The molecule has 1 heterocycles. The first kappa shape index (κ1) is 23.5. The third kappa shape index (κ3) is 7.23. The van der Waals surface area contributed by atoms with Gasteiger partial charge in [-0.3, -0.25) is 9.78 Å². The SMILES string of the molecule is NS(=O)(=O)CCN(C(=O)c1cc(Cl)cc(OCCNc2ccncc2)c1)c1ccccc1. The molecule has 0 spiro atoms. The molecule has 3 aromatic rings. The maximum Gasteiger partial charge on any atom is 0.258 e. The lowest BCUT2D eigenvalue weighted by Crippen LogP contribution is -2.36. The molecule has 0 unspecified atom stereocenters. The lowest BCUT2D eigenvalue weighted by molar-refractivity contribution is 0.0988. The van der Waals surface area contributed by atoms with Crippen molar-refractivity contribution >= 4 is 38.9 Å². The third-order valence-corrected chi connectivity index (χ3v) is 5.38. The normalized spacial score (nSPS) is 11.1. The predicted molar refractivity (Wildman–Crippen MR) is 126 cm³/mol. The van der Waals surface area contributed by atoms with Gasteiger partial charge in [0.05, 0.1) is 5.75 Å². The van der Waals surface area contributed by atoms with Crippen LogP contribution in [0.15, 0.2) is 73.1 Å². The predicted octanol–water partition coefficient (Wildman–Crippen LogP) is 3.16. The van der Waals surface area contributed by atoms with Gasteiger partial charge < -0.3 is 15.0 Å². The van der Waals surface area contributed by atoms with Gasteiger partial charge in [-0.2, -0.15) is 0 Å². The standard InChI is InChI=1S/C22H23ClN4O4S/c23-18-14-17(15-21(16-18)31-12-10-26-19-6-8-25-9-7-19)22(28)27(11-13-32(24,29)30)20-4-2-1-3-5-20/h1-9,14-16H,10-13H2,(H,25,26)(H2,24,29,30). The summed E-state index contributed by atoms with van der Waals surface area (Å²) < 4.78 is 28.7. The molecule has 0 bridgehead atoms. The number of anilines is 2. The van der Waals surface area contributed by atoms with Crippen LogP contribution < -0.4 is 20.1 Å². The molecule has 0 aliphatic heterocycles. The second kappa shape index (κ2) is 10.9. The van der Waals surface area contributed by atoms with E-state index in [-0.39, 0.29) is 17.9 Å². The molecule has 1 amide bonds. The van der Waals surface area contributed by atoms with Gasteiger partial charge in [0.25, 0.3) is 5.91 Å². The van der Waals surface area contributed by atoms with Crippen LogP contribution in [0.5, 0.6) is 5.75 Å². The molecule has 0 radical (unpaired) electrons. The van der Waals surface area contributed by atoms with E-state index in [1.165, 1.54) is 11.0 Å². The Balaban J connectivity index is 1.72. The minimum Gasteiger partial charge on any atom is -0.492 e. The summed E-state index contributed by atoms with van der Waals surface area (Å²) in [5.41, 5.74) is 1.73. The van der Waals surface area contributed by atoms with Gasteiger partial charge in [-0.1, -0.05) is 29.8 Å². The second-order valence-electron chi connectivity index (χ2n) is 6.85. The minimum absolute atomic E-state index is 0.0970. The second-order valence-corrected chi connectivity index (χ2v) is 9.02. The summed E-state index contributed by atoms with van der Waals surface area (Å²) in [4.78, 5) is 18.5. The van der Waals surface area contributed by atoms with Crippen LogP contribution >= 0.6 is 11.6 Å². The molecule has 0 aliphatic carbocycles. The largest absolute Gasteiger partial charge is 0.492 e. The Morgan fingerprint density at radius 3 is 2.50 bits per heavy atom. The Morgan fingerprint density at radius 1 is 1.09 bits per heavy atom. The Kier molecular flexibility index (Phi) is 8.04. The fourth-order valence-corrected chi connectivity index (χ4v) is 3.60. The molecule has 10 heteroatoms. The molecule has 1 aromatic heterocycles. The molecule has 8 nitrogen and oxygen atoms in total. The topological polar surface area (TPSA) is 115 Å². The average Bonchev–Trinajstić information content (AvgIpc) is 2.77. The van der Waals surface area contributed by atoms with Crippen molar-refractivity contribution in [1.82, 2.24) is 4.98 Å². The van der Waals surface area contributed by atoms with Gasteiger partial charge in [-0.15, -0.1) is 0 Å². The van der Waals surface area contributed by atoms with E-state index < -0.39 is 15.9 Å². The molecule has 0 atom stereocenters. The Labute approximate surface area is 192 Å². The number of nitrogens with one attached hydrogen (secondary N) is 1. The number of benzene rings is 2. The number of para-hydroxylation sites is 1. The summed E-state index contributed by atoms with van der Waals surface area (Å²) in [6, 6.07) is 17.1. The van der Waals surface area contributed by atoms with Crippen molar-refractivity contribution in [2.45, 2.75) is 0 Å². The van der Waals surface area contributed by atoms with Gasteiger partial charge in [-0.05, 0) is 42.5 Å². The monoisotopic (exact) mass is 474 g/mol. The number of hydrogen-bond donors (Lipinski definition) is 2. The third-order valence-electron chi connectivity index (χ3n) is 4.41. The lowest BCUT2D eigenvalue weighted by atomic mass is 10.1. The molecule has 32 heavy (non-hydrogen) atoms. The van der Waals surface area contributed by atoms with E-state index in [0.717, 1.165) is 5.69 Å². The molecule has 168 valence electrons. The number of sulfonamides is 1. The highest BCUT2D eigenvalue weighted by Gasteiger charge is 2.20. The maximum atomic E-state index is 13.2. The highest BCUT2D eigenvalue weighted by atomic mass is 35.5. The van der Waals surface area contributed by atoms with E-state index in [1.54, 1.807) is 54.9 Å². The molecule has 3 N–H and O–H groups in total. The number of hydrogen-bond acceptors (Lipinski definition) is 6. The number of halogens is 1. The van der Waals surface area contributed by atoms with Crippen LogP contribution in [0.4, 0.5) is 11.4 Å². The van der Waals surface area contributed by atoms with Crippen molar-refractivity contribution in [2.24, 2.45) is 5.14 Å². The van der Waals surface area contributed by atoms with Crippen molar-refractivity contribution in [3.63, 3.8) is 0 Å². The van der Waals surface area contributed by atoms with E-state index in [2.05, 4.69) is 10.3 Å². The first-order valence-electron chi connectivity index (χ1n) is 9.76. The van der Waals surface area contributed by atoms with E-state index in [4.69, 9.17) is 21.5 Å². The summed E-state index contributed by atoms with van der Waals surface area (Å²) in [6.07, 6.45) is 3.37. The van der Waals surface area contributed by atoms with Crippen molar-refractivity contribution in [2.75, 3.05) is 35.7 Å². The maximum absolute atomic E-state index is 13.2. The van der Waals surface area contributed by atoms with Crippen molar-refractivity contribution in [1.29, 1.82) is 0 Å². The Hall–Kier alpha value is -3.14. The quantitative estimate of drug-likeness (QED) is 0.436. The van der Waals surface area contributed by atoms with Crippen molar-refractivity contribution in [3.05, 3.63) is 83.6 Å². The number of primary sulfonamides is 1. The zero-order valence-electron chi connectivity index (χ0n) is 17.1. The van der Waals surface area contributed by atoms with Crippen molar-refractivity contribution < 1.29 is 17.9 Å². The summed E-state index contributed by atoms with van der Waals surface area (Å²) >= 11 is 6.21. The van der Waals surface area contributed by atoms with E-state index in [9.17, 15) is 13.2 Å². The van der Waals surface area contributed by atoms with Crippen LogP contribution in [0.25, 0.3) is 0 Å². The molecule has 3 rings (SSSR count). The lowest BCUT2D eigenvalue weighted by Gasteiger charge is -2.23. The average molecular weight is 475 g/mol. The molecular weight excluding hydrogens is 452 g/mol. The summed E-state index contributed by atoms with van der Waals surface area (Å²) in [5, 5.41) is 8.66. The number of carbonyl (C=O) groups is 1. The van der Waals surface area contributed by atoms with Crippen molar-refractivity contribution in [3.8, 4) is 5.75 Å².